The molecule has 0 bridgehead atoms. The van der Waals surface area contributed by atoms with E-state index >= 15 is 0 Å². The molecular formula is C36H42N6O4. The first kappa shape index (κ1) is 32.6. The predicted octanol–water partition coefficient (Wildman–Crippen LogP) is 5.07. The lowest BCUT2D eigenvalue weighted by Crippen LogP contribution is -2.48. The van der Waals surface area contributed by atoms with E-state index in [1.54, 1.807) is 22.2 Å². The van der Waals surface area contributed by atoms with Crippen LogP contribution in [-0.4, -0.2) is 94.1 Å². The van der Waals surface area contributed by atoms with E-state index in [-0.39, 0.29) is 25.4 Å². The number of carbonyl (C=O) groups is 2. The molecule has 1 saturated heterocycles. The minimum atomic E-state index is -0.345. The van der Waals surface area contributed by atoms with Crippen LogP contribution in [-0.2, 0) is 35.8 Å². The molecule has 10 heteroatoms. The molecule has 3 heterocycles. The maximum atomic E-state index is 13.4. The molecule has 0 aliphatic carbocycles. The summed E-state index contributed by atoms with van der Waals surface area (Å²) in [4.78, 5) is 43.9. The molecule has 2 aromatic heterocycles. The van der Waals surface area contributed by atoms with Gasteiger partial charge in [-0.15, -0.1) is 0 Å². The van der Waals surface area contributed by atoms with E-state index in [0.717, 1.165) is 22.5 Å². The molecule has 0 N–H and O–H groups in total. The second-order valence-corrected chi connectivity index (χ2v) is 11.2. The highest BCUT2D eigenvalue weighted by Gasteiger charge is 2.23. The number of ether oxygens (including phenoxy) is 2. The molecule has 0 atom stereocenters. The summed E-state index contributed by atoms with van der Waals surface area (Å²) in [5.41, 5.74) is 3.73. The number of aromatic nitrogens is 2. The van der Waals surface area contributed by atoms with Crippen LogP contribution >= 0.6 is 0 Å². The van der Waals surface area contributed by atoms with Gasteiger partial charge >= 0.3 is 12.2 Å². The summed E-state index contributed by atoms with van der Waals surface area (Å²) >= 11 is 0. The van der Waals surface area contributed by atoms with Crippen LogP contribution in [0.3, 0.4) is 0 Å². The number of pyridine rings is 2. The number of hydrogen-bond donors (Lipinski definition) is 0. The standard InChI is InChI=1S/C36H42N6O4/c43-35(45-29-31-11-3-1-4-12-31)41-23-19-39(27-33-15-7-9-17-37-33)21-25-42(36(44)46-30-32-13-5-2-6-14-32)26-22-40(20-24-41)28-34-16-8-10-18-38-34/h1-18H,19-30H2. The van der Waals surface area contributed by atoms with Gasteiger partial charge in [0.15, 0.2) is 0 Å². The van der Waals surface area contributed by atoms with Gasteiger partial charge in [-0.1, -0.05) is 72.8 Å². The van der Waals surface area contributed by atoms with Crippen molar-refractivity contribution in [2.45, 2.75) is 26.3 Å². The Morgan fingerprint density at radius 1 is 0.500 bits per heavy atom. The first-order chi connectivity index (χ1) is 22.6. The first-order valence-corrected chi connectivity index (χ1v) is 15.8. The van der Waals surface area contributed by atoms with Crippen LogP contribution in [0.4, 0.5) is 9.59 Å². The fourth-order valence-corrected chi connectivity index (χ4v) is 5.24. The van der Waals surface area contributed by atoms with Crippen LogP contribution in [0.2, 0.25) is 0 Å². The van der Waals surface area contributed by atoms with E-state index in [1.165, 1.54) is 0 Å². The summed E-state index contributed by atoms with van der Waals surface area (Å²) in [5.74, 6) is 0. The Morgan fingerprint density at radius 3 is 1.22 bits per heavy atom. The van der Waals surface area contributed by atoms with Crippen LogP contribution < -0.4 is 0 Å². The van der Waals surface area contributed by atoms with Gasteiger partial charge in [-0.2, -0.15) is 0 Å². The van der Waals surface area contributed by atoms with Gasteiger partial charge in [0.1, 0.15) is 13.2 Å². The molecule has 0 radical (unpaired) electrons. The average molecular weight is 623 g/mol. The molecule has 4 aromatic rings. The molecule has 1 aliphatic heterocycles. The molecule has 10 nitrogen and oxygen atoms in total. The Hall–Kier alpha value is -4.80. The minimum absolute atomic E-state index is 0.214. The number of hydrogen-bond acceptors (Lipinski definition) is 8. The zero-order chi connectivity index (χ0) is 31.8. The number of amides is 2. The Morgan fingerprint density at radius 2 is 0.870 bits per heavy atom. The number of benzene rings is 2. The van der Waals surface area contributed by atoms with Gasteiger partial charge in [0.05, 0.1) is 11.4 Å². The molecule has 0 unspecified atom stereocenters. The monoisotopic (exact) mass is 622 g/mol. The van der Waals surface area contributed by atoms with Crippen molar-refractivity contribution in [3.8, 4) is 0 Å². The molecule has 2 aromatic carbocycles. The van der Waals surface area contributed by atoms with Crippen molar-refractivity contribution in [1.82, 2.24) is 29.6 Å². The Bertz CT molecular complexity index is 1330. The third-order valence-corrected chi connectivity index (χ3v) is 7.89. The first-order valence-electron chi connectivity index (χ1n) is 15.8. The second-order valence-electron chi connectivity index (χ2n) is 11.2. The van der Waals surface area contributed by atoms with Gasteiger partial charge in [-0.3, -0.25) is 19.8 Å². The maximum absolute atomic E-state index is 13.4. The summed E-state index contributed by atoms with van der Waals surface area (Å²) < 4.78 is 11.5. The van der Waals surface area contributed by atoms with Gasteiger partial charge in [0.2, 0.25) is 0 Å². The Kier molecular flexibility index (Phi) is 12.5. The molecule has 1 fully saturated rings. The lowest BCUT2D eigenvalue weighted by Gasteiger charge is -2.33. The molecule has 1 aliphatic rings. The zero-order valence-corrected chi connectivity index (χ0v) is 26.2. The van der Waals surface area contributed by atoms with E-state index in [4.69, 9.17) is 9.47 Å². The van der Waals surface area contributed by atoms with Crippen molar-refractivity contribution in [2.75, 3.05) is 52.4 Å². The van der Waals surface area contributed by atoms with Crippen molar-refractivity contribution in [1.29, 1.82) is 0 Å². The highest BCUT2D eigenvalue weighted by atomic mass is 16.6. The fourth-order valence-electron chi connectivity index (χ4n) is 5.24. The molecule has 0 spiro atoms. The van der Waals surface area contributed by atoms with Gasteiger partial charge in [-0.05, 0) is 35.4 Å². The van der Waals surface area contributed by atoms with Crippen molar-refractivity contribution < 1.29 is 19.1 Å². The van der Waals surface area contributed by atoms with Crippen molar-refractivity contribution >= 4 is 12.2 Å². The summed E-state index contributed by atoms with van der Waals surface area (Å²) in [6.07, 6.45) is 2.87. The van der Waals surface area contributed by atoms with Crippen molar-refractivity contribution in [2.24, 2.45) is 0 Å². The van der Waals surface area contributed by atoms with Crippen LogP contribution in [0.1, 0.15) is 22.5 Å². The molecule has 5 rings (SSSR count). The summed E-state index contributed by atoms with van der Waals surface area (Å²) in [5, 5.41) is 0. The summed E-state index contributed by atoms with van der Waals surface area (Å²) in [7, 11) is 0. The van der Waals surface area contributed by atoms with E-state index in [9.17, 15) is 9.59 Å². The summed E-state index contributed by atoms with van der Waals surface area (Å²) in [6, 6.07) is 31.1. The fraction of sp³-hybridized carbons (Fsp3) is 0.333. The number of carbonyl (C=O) groups excluding carboxylic acids is 2. The number of nitrogens with zero attached hydrogens (tertiary/aromatic N) is 6. The Labute approximate surface area is 271 Å². The topological polar surface area (TPSA) is 91.3 Å². The molecule has 0 saturated carbocycles. The Balaban J connectivity index is 1.32. The molecular weight excluding hydrogens is 580 g/mol. The van der Waals surface area contributed by atoms with Gasteiger partial charge < -0.3 is 19.3 Å². The predicted molar refractivity (Wildman–Crippen MR) is 175 cm³/mol. The SMILES string of the molecule is O=C(OCc1ccccc1)N1CCN(Cc2ccccn2)CCN(C(=O)OCc2ccccc2)CCN(Cc2ccccn2)CC1. The maximum Gasteiger partial charge on any atom is 0.410 e. The quantitative estimate of drug-likeness (QED) is 0.269. The minimum Gasteiger partial charge on any atom is -0.445 e. The molecule has 240 valence electrons. The largest absolute Gasteiger partial charge is 0.445 e. The van der Waals surface area contributed by atoms with Crippen LogP contribution in [0.25, 0.3) is 0 Å². The third-order valence-electron chi connectivity index (χ3n) is 7.89. The summed E-state index contributed by atoms with van der Waals surface area (Å²) in [6.45, 7) is 5.83. The molecule has 2 amide bonds. The third kappa shape index (κ3) is 10.7. The van der Waals surface area contributed by atoms with Crippen LogP contribution in [0.5, 0.6) is 0 Å². The van der Waals surface area contributed by atoms with Gasteiger partial charge in [0, 0.05) is 77.8 Å². The van der Waals surface area contributed by atoms with E-state index in [2.05, 4.69) is 19.8 Å². The molecule has 46 heavy (non-hydrogen) atoms. The normalized spacial score (nSPS) is 15.4. The lowest BCUT2D eigenvalue weighted by atomic mass is 10.2. The van der Waals surface area contributed by atoms with Gasteiger partial charge in [-0.25, -0.2) is 9.59 Å². The zero-order valence-electron chi connectivity index (χ0n) is 26.2. The highest BCUT2D eigenvalue weighted by Crippen LogP contribution is 2.11. The second kappa shape index (κ2) is 17.6. The average Bonchev–Trinajstić information content (AvgIpc) is 3.10. The van der Waals surface area contributed by atoms with E-state index < -0.39 is 0 Å². The van der Waals surface area contributed by atoms with Gasteiger partial charge in [0.25, 0.3) is 0 Å². The van der Waals surface area contributed by atoms with Crippen LogP contribution in [0, 0.1) is 0 Å². The van der Waals surface area contributed by atoms with E-state index in [0.29, 0.717) is 65.4 Å². The highest BCUT2D eigenvalue weighted by molar-refractivity contribution is 5.68. The van der Waals surface area contributed by atoms with Crippen molar-refractivity contribution in [3.63, 3.8) is 0 Å². The number of rotatable bonds is 8. The van der Waals surface area contributed by atoms with Crippen molar-refractivity contribution in [3.05, 3.63) is 132 Å². The van der Waals surface area contributed by atoms with E-state index in [1.807, 2.05) is 97.1 Å². The van der Waals surface area contributed by atoms with Crippen LogP contribution in [0.15, 0.2) is 109 Å². The smallest absolute Gasteiger partial charge is 0.410 e. The lowest BCUT2D eigenvalue weighted by molar-refractivity contribution is 0.0703.